The Kier molecular flexibility index (Phi) is 5.73. The van der Waals surface area contributed by atoms with E-state index in [-0.39, 0.29) is 16.2 Å². The summed E-state index contributed by atoms with van der Waals surface area (Å²) in [5, 5.41) is 9.76. The minimum Gasteiger partial charge on any atom is -0.406 e. The Labute approximate surface area is 150 Å². The number of nitrogens with zero attached hydrogens (tertiary/aromatic N) is 1. The number of rotatable bonds is 4. The number of ether oxygens (including phenoxy) is 1. The summed E-state index contributed by atoms with van der Waals surface area (Å²) in [6.07, 6.45) is -3.51. The van der Waals surface area contributed by atoms with Crippen molar-refractivity contribution in [1.29, 1.82) is 5.26 Å². The van der Waals surface area contributed by atoms with Crippen molar-refractivity contribution < 1.29 is 22.7 Å². The summed E-state index contributed by atoms with van der Waals surface area (Å²) >= 11 is 11.7. The van der Waals surface area contributed by atoms with Gasteiger partial charge in [-0.25, -0.2) is 0 Å². The van der Waals surface area contributed by atoms with Gasteiger partial charge in [0.2, 0.25) is 5.78 Å². The van der Waals surface area contributed by atoms with Crippen LogP contribution in [0.1, 0.15) is 15.9 Å². The summed E-state index contributed by atoms with van der Waals surface area (Å²) in [5.41, 5.74) is 0.321. The number of hydrogen-bond donors (Lipinski definition) is 0. The number of Topliss-reactive ketones (excluding diaryl/α,β-unsaturated/α-hetero) is 1. The Morgan fingerprint density at radius 2 is 1.72 bits per heavy atom. The molecule has 0 radical (unpaired) electrons. The van der Waals surface area contributed by atoms with Gasteiger partial charge in [-0.2, -0.15) is 5.26 Å². The molecule has 0 atom stereocenters. The summed E-state index contributed by atoms with van der Waals surface area (Å²) in [4.78, 5) is 12.3. The van der Waals surface area contributed by atoms with Crippen molar-refractivity contribution in [2.45, 2.75) is 6.36 Å². The third-order valence-corrected chi connectivity index (χ3v) is 3.71. The maximum Gasteiger partial charge on any atom is 0.573 e. The lowest BCUT2D eigenvalue weighted by Gasteiger charge is -2.08. The number of halogens is 5. The first-order valence-corrected chi connectivity index (χ1v) is 7.42. The standard InChI is InChI=1S/C17H8Cl2F3NO2/c18-14-6-1-10(8-15(14)19)7-12(9-23)16(24)11-2-4-13(5-3-11)25-17(20,21)22/h1-8H/b12-7+. The first-order valence-electron chi connectivity index (χ1n) is 6.67. The van der Waals surface area contributed by atoms with E-state index in [4.69, 9.17) is 23.2 Å². The van der Waals surface area contributed by atoms with Gasteiger partial charge < -0.3 is 4.74 Å². The molecular weight excluding hydrogens is 378 g/mol. The van der Waals surface area contributed by atoms with E-state index in [0.29, 0.717) is 10.6 Å². The van der Waals surface area contributed by atoms with Crippen LogP contribution in [-0.2, 0) is 0 Å². The summed E-state index contributed by atoms with van der Waals surface area (Å²) in [6.45, 7) is 0. The molecule has 0 aliphatic carbocycles. The van der Waals surface area contributed by atoms with Gasteiger partial charge in [-0.3, -0.25) is 4.79 Å². The first-order chi connectivity index (χ1) is 11.7. The van der Waals surface area contributed by atoms with Gasteiger partial charge in [0, 0.05) is 5.56 Å². The zero-order chi connectivity index (χ0) is 18.6. The smallest absolute Gasteiger partial charge is 0.406 e. The minimum atomic E-state index is -4.82. The van der Waals surface area contributed by atoms with Crippen LogP contribution in [0.15, 0.2) is 48.0 Å². The van der Waals surface area contributed by atoms with E-state index in [1.54, 1.807) is 12.1 Å². The van der Waals surface area contributed by atoms with Crippen LogP contribution in [-0.4, -0.2) is 12.1 Å². The molecule has 0 unspecified atom stereocenters. The second-order valence-corrected chi connectivity index (χ2v) is 5.56. The van der Waals surface area contributed by atoms with Gasteiger partial charge >= 0.3 is 6.36 Å². The second kappa shape index (κ2) is 7.60. The molecule has 0 aliphatic heterocycles. The highest BCUT2D eigenvalue weighted by molar-refractivity contribution is 6.42. The Morgan fingerprint density at radius 3 is 2.24 bits per heavy atom. The molecule has 0 amide bonds. The fraction of sp³-hybridized carbons (Fsp3) is 0.0588. The molecule has 2 aromatic rings. The fourth-order valence-electron chi connectivity index (χ4n) is 1.88. The van der Waals surface area contributed by atoms with Crippen LogP contribution in [0, 0.1) is 11.3 Å². The number of benzene rings is 2. The lowest BCUT2D eigenvalue weighted by molar-refractivity contribution is -0.274. The summed E-state index contributed by atoms with van der Waals surface area (Å²) < 4.78 is 40.1. The van der Waals surface area contributed by atoms with Gasteiger partial charge in [-0.05, 0) is 48.0 Å². The number of nitriles is 1. The highest BCUT2D eigenvalue weighted by atomic mass is 35.5. The Morgan fingerprint density at radius 1 is 1.08 bits per heavy atom. The van der Waals surface area contributed by atoms with Crippen LogP contribution in [0.4, 0.5) is 13.2 Å². The minimum absolute atomic E-state index is 0.0439. The van der Waals surface area contributed by atoms with Crippen molar-refractivity contribution in [2.75, 3.05) is 0 Å². The summed E-state index contributed by atoms with van der Waals surface area (Å²) in [7, 11) is 0. The lowest BCUT2D eigenvalue weighted by atomic mass is 10.0. The molecule has 0 saturated carbocycles. The largest absolute Gasteiger partial charge is 0.573 e. The Balaban J connectivity index is 2.26. The van der Waals surface area contributed by atoms with Crippen LogP contribution in [0.5, 0.6) is 5.75 Å². The molecule has 0 aromatic heterocycles. The molecule has 0 N–H and O–H groups in total. The molecule has 0 bridgehead atoms. The van der Waals surface area contributed by atoms with E-state index in [2.05, 4.69) is 4.74 Å². The maximum atomic E-state index is 12.3. The van der Waals surface area contributed by atoms with Crippen molar-refractivity contribution in [3.05, 3.63) is 69.2 Å². The van der Waals surface area contributed by atoms with Gasteiger partial charge in [0.05, 0.1) is 10.0 Å². The van der Waals surface area contributed by atoms with E-state index in [1.165, 1.54) is 18.2 Å². The number of alkyl halides is 3. The topological polar surface area (TPSA) is 50.1 Å². The molecule has 8 heteroatoms. The Bertz CT molecular complexity index is 869. The van der Waals surface area contributed by atoms with Crippen molar-refractivity contribution >= 4 is 35.1 Å². The maximum absolute atomic E-state index is 12.3. The molecule has 25 heavy (non-hydrogen) atoms. The molecule has 0 spiro atoms. The van der Waals surface area contributed by atoms with Crippen molar-refractivity contribution in [3.8, 4) is 11.8 Å². The second-order valence-electron chi connectivity index (χ2n) is 4.74. The molecule has 2 aromatic carbocycles. The van der Waals surface area contributed by atoms with Gasteiger partial charge in [0.1, 0.15) is 17.4 Å². The number of carbonyl (C=O) groups excluding carboxylic acids is 1. The first kappa shape index (κ1) is 18.8. The highest BCUT2D eigenvalue weighted by Gasteiger charge is 2.31. The number of allylic oxidation sites excluding steroid dienone is 1. The molecule has 2 rings (SSSR count). The van der Waals surface area contributed by atoms with E-state index < -0.39 is 17.9 Å². The lowest BCUT2D eigenvalue weighted by Crippen LogP contribution is -2.17. The number of carbonyl (C=O) groups is 1. The van der Waals surface area contributed by atoms with E-state index in [0.717, 1.165) is 24.3 Å². The SMILES string of the molecule is N#C/C(=C\c1ccc(Cl)c(Cl)c1)C(=O)c1ccc(OC(F)(F)F)cc1. The van der Waals surface area contributed by atoms with Crippen molar-refractivity contribution in [3.63, 3.8) is 0 Å². The third-order valence-electron chi connectivity index (χ3n) is 2.97. The van der Waals surface area contributed by atoms with Crippen LogP contribution in [0.25, 0.3) is 6.08 Å². The molecule has 0 aliphatic rings. The average molecular weight is 386 g/mol. The molecule has 0 fully saturated rings. The molecule has 128 valence electrons. The highest BCUT2D eigenvalue weighted by Crippen LogP contribution is 2.25. The number of ketones is 1. The van der Waals surface area contributed by atoms with Crippen LogP contribution in [0.2, 0.25) is 10.0 Å². The van der Waals surface area contributed by atoms with Crippen molar-refractivity contribution in [1.82, 2.24) is 0 Å². The van der Waals surface area contributed by atoms with Gasteiger partial charge in [-0.1, -0.05) is 29.3 Å². The number of hydrogen-bond acceptors (Lipinski definition) is 3. The van der Waals surface area contributed by atoms with Gasteiger partial charge in [0.15, 0.2) is 0 Å². The normalized spacial score (nSPS) is 11.8. The molecule has 3 nitrogen and oxygen atoms in total. The van der Waals surface area contributed by atoms with E-state index >= 15 is 0 Å². The van der Waals surface area contributed by atoms with E-state index in [1.807, 2.05) is 0 Å². The zero-order valence-electron chi connectivity index (χ0n) is 12.3. The quantitative estimate of drug-likeness (QED) is 0.386. The summed E-state index contributed by atoms with van der Waals surface area (Å²) in [6, 6.07) is 10.6. The van der Waals surface area contributed by atoms with Crippen LogP contribution >= 0.6 is 23.2 Å². The van der Waals surface area contributed by atoms with Gasteiger partial charge in [-0.15, -0.1) is 13.2 Å². The Hall–Kier alpha value is -2.49. The van der Waals surface area contributed by atoms with E-state index in [9.17, 15) is 23.2 Å². The molecular formula is C17H8Cl2F3NO2. The monoisotopic (exact) mass is 385 g/mol. The predicted octanol–water partition coefficient (Wildman–Crippen LogP) is 5.68. The third kappa shape index (κ3) is 5.24. The average Bonchev–Trinajstić information content (AvgIpc) is 2.54. The van der Waals surface area contributed by atoms with Crippen LogP contribution in [0.3, 0.4) is 0 Å². The molecule has 0 heterocycles. The van der Waals surface area contributed by atoms with Crippen LogP contribution < -0.4 is 4.74 Å². The summed E-state index contributed by atoms with van der Waals surface area (Å²) in [5.74, 6) is -1.11. The fourth-order valence-corrected chi connectivity index (χ4v) is 2.19. The van der Waals surface area contributed by atoms with Gasteiger partial charge in [0.25, 0.3) is 0 Å². The predicted molar refractivity (Wildman–Crippen MR) is 87.5 cm³/mol. The van der Waals surface area contributed by atoms with Crippen molar-refractivity contribution in [2.24, 2.45) is 0 Å². The molecule has 0 saturated heterocycles. The zero-order valence-corrected chi connectivity index (χ0v) is 13.8.